The third-order valence-electron chi connectivity index (χ3n) is 5.19. The molecule has 0 radical (unpaired) electrons. The van der Waals surface area contributed by atoms with Crippen LogP contribution in [0.3, 0.4) is 0 Å². The van der Waals surface area contributed by atoms with Crippen LogP contribution >= 0.6 is 0 Å². The highest BCUT2D eigenvalue weighted by molar-refractivity contribution is 6.04. The molecule has 36 heavy (non-hydrogen) atoms. The highest BCUT2D eigenvalue weighted by Gasteiger charge is 2.38. The topological polar surface area (TPSA) is 126 Å². The van der Waals surface area contributed by atoms with Gasteiger partial charge >= 0.3 is 12.1 Å². The van der Waals surface area contributed by atoms with Gasteiger partial charge in [-0.25, -0.2) is 18.1 Å². The Morgan fingerprint density at radius 3 is 2.53 bits per heavy atom. The molecule has 10 nitrogen and oxygen atoms in total. The summed E-state index contributed by atoms with van der Waals surface area (Å²) < 4.78 is 60.8. The molecule has 4 heterocycles. The first kappa shape index (κ1) is 26.8. The number of anilines is 2. The van der Waals surface area contributed by atoms with Crippen LogP contribution in [0.1, 0.15) is 41.9 Å². The maximum absolute atomic E-state index is 13.1. The Hall–Kier alpha value is -3.75. The predicted molar refractivity (Wildman–Crippen MR) is 119 cm³/mol. The Morgan fingerprint density at radius 1 is 1.17 bits per heavy atom. The fourth-order valence-electron chi connectivity index (χ4n) is 3.54. The van der Waals surface area contributed by atoms with Crippen molar-refractivity contribution in [2.24, 2.45) is 7.05 Å². The van der Waals surface area contributed by atoms with E-state index in [4.69, 9.17) is 9.90 Å². The number of hydrogen-bond acceptors (Lipinski definition) is 6. The van der Waals surface area contributed by atoms with Crippen molar-refractivity contribution in [3.63, 3.8) is 0 Å². The number of alkyl halides is 5. The molecule has 1 amide bonds. The van der Waals surface area contributed by atoms with Crippen molar-refractivity contribution in [3.8, 4) is 0 Å². The number of nitrogens with one attached hydrogen (secondary N) is 3. The highest BCUT2D eigenvalue weighted by Crippen LogP contribution is 2.26. The molecule has 0 aromatic carbocycles. The van der Waals surface area contributed by atoms with E-state index >= 15 is 0 Å². The van der Waals surface area contributed by atoms with Gasteiger partial charge in [0.1, 0.15) is 11.5 Å². The van der Waals surface area contributed by atoms with E-state index in [1.807, 2.05) is 12.1 Å². The maximum atomic E-state index is 13.1. The fourth-order valence-corrected chi connectivity index (χ4v) is 3.54. The lowest BCUT2D eigenvalue weighted by atomic mass is 10.1. The van der Waals surface area contributed by atoms with E-state index in [9.17, 15) is 26.7 Å². The summed E-state index contributed by atoms with van der Waals surface area (Å²) in [7, 11) is 1.52. The van der Waals surface area contributed by atoms with Crippen molar-refractivity contribution >= 4 is 28.9 Å². The number of carboxylic acid groups (broad SMARTS) is 1. The van der Waals surface area contributed by atoms with Gasteiger partial charge in [0.2, 0.25) is 0 Å². The molecule has 196 valence electrons. The Bertz CT molecular complexity index is 1200. The predicted octanol–water partition coefficient (Wildman–Crippen LogP) is 3.45. The SMILES string of the molecule is Cn1cc(NC(=O)c2ccc3ccc(NC4CCCCNC4)nn23)c(C(F)F)n1.O=C(O)C(F)(F)F. The Labute approximate surface area is 201 Å². The number of amides is 1. The lowest BCUT2D eigenvalue weighted by molar-refractivity contribution is -0.192. The van der Waals surface area contributed by atoms with E-state index in [2.05, 4.69) is 26.1 Å². The van der Waals surface area contributed by atoms with Gasteiger partial charge in [-0.05, 0) is 43.7 Å². The number of carboxylic acids is 1. The van der Waals surface area contributed by atoms with Gasteiger partial charge in [0, 0.05) is 25.8 Å². The van der Waals surface area contributed by atoms with Crippen LogP contribution in [0.15, 0.2) is 30.5 Å². The quantitative estimate of drug-likeness (QED) is 0.382. The number of nitrogens with zero attached hydrogens (tertiary/aromatic N) is 4. The molecule has 1 fully saturated rings. The average molecular weight is 517 g/mol. The molecule has 1 unspecified atom stereocenters. The molecule has 1 saturated heterocycles. The lowest BCUT2D eigenvalue weighted by Crippen LogP contribution is -2.31. The summed E-state index contributed by atoms with van der Waals surface area (Å²) in [6, 6.07) is 7.38. The number of rotatable bonds is 5. The summed E-state index contributed by atoms with van der Waals surface area (Å²) >= 11 is 0. The molecular formula is C21H24F5N7O3. The summed E-state index contributed by atoms with van der Waals surface area (Å²) in [4.78, 5) is 21.6. The minimum absolute atomic E-state index is 0.0127. The zero-order valence-corrected chi connectivity index (χ0v) is 19.0. The van der Waals surface area contributed by atoms with Gasteiger partial charge in [-0.3, -0.25) is 9.48 Å². The van der Waals surface area contributed by atoms with Crippen molar-refractivity contribution < 1.29 is 36.6 Å². The van der Waals surface area contributed by atoms with Crippen LogP contribution in [0.2, 0.25) is 0 Å². The number of aliphatic carboxylic acids is 1. The van der Waals surface area contributed by atoms with E-state index in [0.717, 1.165) is 37.9 Å². The van der Waals surface area contributed by atoms with Gasteiger partial charge in [0.15, 0.2) is 5.69 Å². The number of aromatic nitrogens is 4. The second-order valence-corrected chi connectivity index (χ2v) is 7.97. The Morgan fingerprint density at radius 2 is 1.86 bits per heavy atom. The van der Waals surface area contributed by atoms with Gasteiger partial charge in [-0.1, -0.05) is 6.42 Å². The maximum Gasteiger partial charge on any atom is 0.490 e. The van der Waals surface area contributed by atoms with Crippen molar-refractivity contribution in [2.45, 2.75) is 37.9 Å². The van der Waals surface area contributed by atoms with E-state index in [1.165, 1.54) is 22.4 Å². The fraction of sp³-hybridized carbons (Fsp3) is 0.429. The molecule has 0 aliphatic carbocycles. The molecule has 15 heteroatoms. The molecule has 1 atom stereocenters. The summed E-state index contributed by atoms with van der Waals surface area (Å²) in [6.45, 7) is 1.87. The molecular weight excluding hydrogens is 493 g/mol. The monoisotopic (exact) mass is 517 g/mol. The summed E-state index contributed by atoms with van der Waals surface area (Å²) in [5.74, 6) is -2.63. The third kappa shape index (κ3) is 6.90. The zero-order valence-electron chi connectivity index (χ0n) is 19.0. The van der Waals surface area contributed by atoms with E-state index in [-0.39, 0.29) is 17.4 Å². The van der Waals surface area contributed by atoms with Crippen molar-refractivity contribution in [1.29, 1.82) is 0 Å². The van der Waals surface area contributed by atoms with E-state index in [1.54, 1.807) is 12.1 Å². The van der Waals surface area contributed by atoms with Crippen LogP contribution in [0.4, 0.5) is 33.5 Å². The first-order valence-corrected chi connectivity index (χ1v) is 10.8. The normalized spacial score (nSPS) is 16.2. The highest BCUT2D eigenvalue weighted by atomic mass is 19.4. The zero-order chi connectivity index (χ0) is 26.5. The first-order valence-electron chi connectivity index (χ1n) is 10.8. The van der Waals surface area contributed by atoms with Crippen molar-refractivity contribution in [3.05, 3.63) is 41.9 Å². The Balaban J connectivity index is 0.000000454. The molecule has 1 aliphatic rings. The minimum Gasteiger partial charge on any atom is -0.475 e. The molecule has 3 aromatic heterocycles. The second-order valence-electron chi connectivity index (χ2n) is 7.97. The van der Waals surface area contributed by atoms with Crippen LogP contribution in [-0.2, 0) is 11.8 Å². The largest absolute Gasteiger partial charge is 0.490 e. The standard InChI is InChI=1S/C19H23F2N7O.C2HF3O2/c1-27-11-14(17(26-27)18(20)21)24-19(29)15-7-5-13-6-8-16(25-28(13)15)23-12-4-2-3-9-22-10-12;3-2(4,5)1(6)7/h5-8,11-12,18,22H,2-4,9-10H2,1H3,(H,23,25)(H,24,29);(H,6,7). The van der Waals surface area contributed by atoms with Crippen LogP contribution in [0.25, 0.3) is 5.52 Å². The van der Waals surface area contributed by atoms with Gasteiger partial charge in [-0.2, -0.15) is 18.3 Å². The summed E-state index contributed by atoms with van der Waals surface area (Å²) in [5, 5.41) is 24.7. The number of carbonyl (C=O) groups is 2. The van der Waals surface area contributed by atoms with Gasteiger partial charge < -0.3 is 21.1 Å². The van der Waals surface area contributed by atoms with E-state index in [0.29, 0.717) is 5.82 Å². The van der Waals surface area contributed by atoms with Crippen LogP contribution in [0, 0.1) is 0 Å². The van der Waals surface area contributed by atoms with Gasteiger partial charge in [0.25, 0.3) is 12.3 Å². The van der Waals surface area contributed by atoms with Crippen LogP contribution in [-0.4, -0.2) is 61.7 Å². The Kier molecular flexibility index (Phi) is 8.45. The van der Waals surface area contributed by atoms with Crippen molar-refractivity contribution in [1.82, 2.24) is 24.7 Å². The van der Waals surface area contributed by atoms with Gasteiger partial charge in [-0.15, -0.1) is 5.10 Å². The molecule has 4 N–H and O–H groups in total. The van der Waals surface area contributed by atoms with Crippen molar-refractivity contribution in [2.75, 3.05) is 23.7 Å². The number of aryl methyl sites for hydroxylation is 1. The number of fused-ring (bicyclic) bond motifs is 1. The smallest absolute Gasteiger partial charge is 0.475 e. The average Bonchev–Trinajstić information content (AvgIpc) is 3.28. The third-order valence-corrected chi connectivity index (χ3v) is 5.19. The number of hydrogen-bond donors (Lipinski definition) is 4. The van der Waals surface area contributed by atoms with Gasteiger partial charge in [0.05, 0.1) is 11.2 Å². The van der Waals surface area contributed by atoms with E-state index < -0.39 is 30.2 Å². The molecule has 3 aromatic rings. The molecule has 0 bridgehead atoms. The van der Waals surface area contributed by atoms with Crippen LogP contribution in [0.5, 0.6) is 0 Å². The first-order chi connectivity index (χ1) is 17.0. The molecule has 0 spiro atoms. The molecule has 0 saturated carbocycles. The number of carbonyl (C=O) groups excluding carboxylic acids is 1. The minimum atomic E-state index is -5.08. The lowest BCUT2D eigenvalue weighted by Gasteiger charge is -2.17. The number of halogens is 5. The summed E-state index contributed by atoms with van der Waals surface area (Å²) in [6.07, 6.45) is -3.17. The second kappa shape index (κ2) is 11.3. The summed E-state index contributed by atoms with van der Waals surface area (Å²) in [5.41, 5.74) is 0.519. The molecule has 4 rings (SSSR count). The molecule has 1 aliphatic heterocycles. The van der Waals surface area contributed by atoms with Crippen LogP contribution < -0.4 is 16.0 Å².